The number of methoxy groups -OCH3 is 1. The molecule has 0 heterocycles. The molecule has 1 aliphatic rings. The Morgan fingerprint density at radius 1 is 1.24 bits per heavy atom. The van der Waals surface area contributed by atoms with E-state index in [-0.39, 0.29) is 5.78 Å². The smallest absolute Gasteiger partial charge is 0.178 e. The van der Waals surface area contributed by atoms with E-state index in [0.717, 1.165) is 30.7 Å². The van der Waals surface area contributed by atoms with Gasteiger partial charge >= 0.3 is 0 Å². The van der Waals surface area contributed by atoms with Crippen molar-refractivity contribution < 1.29 is 9.53 Å². The third-order valence-corrected chi connectivity index (χ3v) is 2.81. The third-order valence-electron chi connectivity index (χ3n) is 2.81. The van der Waals surface area contributed by atoms with Crippen molar-refractivity contribution in [3.05, 3.63) is 24.3 Å². The first-order valence-corrected chi connectivity index (χ1v) is 5.80. The van der Waals surface area contributed by atoms with Gasteiger partial charge in [0.1, 0.15) is 11.5 Å². The highest BCUT2D eigenvalue weighted by Crippen LogP contribution is 2.23. The molecule has 2 rings (SSSR count). The number of hydrazone groups is 1. The molecule has 1 aromatic carbocycles. The summed E-state index contributed by atoms with van der Waals surface area (Å²) in [6, 6.07) is 7.51. The molecule has 0 radical (unpaired) electrons. The van der Waals surface area contributed by atoms with Crippen molar-refractivity contribution in [2.75, 3.05) is 12.5 Å². The van der Waals surface area contributed by atoms with E-state index in [4.69, 9.17) is 4.74 Å². The second-order valence-corrected chi connectivity index (χ2v) is 4.00. The van der Waals surface area contributed by atoms with Gasteiger partial charge in [0.15, 0.2) is 5.78 Å². The molecule has 1 saturated carbocycles. The highest BCUT2D eigenvalue weighted by Gasteiger charge is 2.16. The van der Waals surface area contributed by atoms with E-state index >= 15 is 0 Å². The maximum absolute atomic E-state index is 11.6. The van der Waals surface area contributed by atoms with Crippen molar-refractivity contribution in [2.24, 2.45) is 5.10 Å². The number of hydrogen-bond acceptors (Lipinski definition) is 4. The molecule has 4 nitrogen and oxygen atoms in total. The quantitative estimate of drug-likeness (QED) is 0.815. The third kappa shape index (κ3) is 2.84. The van der Waals surface area contributed by atoms with Crippen LogP contribution in [0.2, 0.25) is 0 Å². The topological polar surface area (TPSA) is 50.7 Å². The number of carbonyl (C=O) groups is 1. The van der Waals surface area contributed by atoms with Gasteiger partial charge in [-0.2, -0.15) is 5.10 Å². The van der Waals surface area contributed by atoms with Crippen LogP contribution in [0.5, 0.6) is 5.75 Å². The Morgan fingerprint density at radius 3 is 2.76 bits per heavy atom. The summed E-state index contributed by atoms with van der Waals surface area (Å²) in [4.78, 5) is 11.6. The zero-order chi connectivity index (χ0) is 12.1. The normalized spacial score (nSPS) is 18.2. The van der Waals surface area contributed by atoms with E-state index in [0.29, 0.717) is 12.1 Å². The van der Waals surface area contributed by atoms with Crippen LogP contribution in [0.4, 0.5) is 5.69 Å². The maximum Gasteiger partial charge on any atom is 0.178 e. The van der Waals surface area contributed by atoms with Gasteiger partial charge in [-0.05, 0) is 31.4 Å². The van der Waals surface area contributed by atoms with Gasteiger partial charge in [0.25, 0.3) is 0 Å². The lowest BCUT2D eigenvalue weighted by Gasteiger charge is -2.12. The van der Waals surface area contributed by atoms with Crippen LogP contribution in [0.1, 0.15) is 25.7 Å². The lowest BCUT2D eigenvalue weighted by atomic mass is 9.97. The molecule has 0 spiro atoms. The largest absolute Gasteiger partial charge is 0.495 e. The van der Waals surface area contributed by atoms with E-state index in [1.54, 1.807) is 7.11 Å². The predicted molar refractivity (Wildman–Crippen MR) is 67.5 cm³/mol. The molecular weight excluding hydrogens is 216 g/mol. The van der Waals surface area contributed by atoms with Crippen LogP contribution in [-0.2, 0) is 4.79 Å². The molecule has 0 unspecified atom stereocenters. The molecule has 0 aromatic heterocycles. The number of nitrogens with one attached hydrogen (secondary N) is 1. The molecule has 0 atom stereocenters. The lowest BCUT2D eigenvalue weighted by molar-refractivity contribution is -0.113. The van der Waals surface area contributed by atoms with Crippen LogP contribution in [0.15, 0.2) is 29.4 Å². The fraction of sp³-hybridized carbons (Fsp3) is 0.385. The van der Waals surface area contributed by atoms with E-state index < -0.39 is 0 Å². The Hall–Kier alpha value is -1.84. The number of rotatable bonds is 3. The summed E-state index contributed by atoms with van der Waals surface area (Å²) < 4.78 is 5.20. The SMILES string of the molecule is COc1ccccc1N/N=C1\CCCCC1=O. The Bertz CT molecular complexity index is 441. The molecule has 1 aromatic rings. The van der Waals surface area contributed by atoms with Gasteiger partial charge in [0.05, 0.1) is 12.8 Å². The van der Waals surface area contributed by atoms with Gasteiger partial charge in [-0.15, -0.1) is 0 Å². The minimum Gasteiger partial charge on any atom is -0.495 e. The minimum atomic E-state index is 0.152. The summed E-state index contributed by atoms with van der Waals surface area (Å²) >= 11 is 0. The second kappa shape index (κ2) is 5.48. The standard InChI is InChI=1S/C13H16N2O2/c1-17-13-9-5-3-7-11(13)15-14-10-6-2-4-8-12(10)16/h3,5,7,9,15H,2,4,6,8H2,1H3/b14-10+. The predicted octanol–water partition coefficient (Wildman–Crippen LogP) is 2.61. The summed E-state index contributed by atoms with van der Waals surface area (Å²) in [6.07, 6.45) is 3.40. The van der Waals surface area contributed by atoms with Crippen LogP contribution in [0.3, 0.4) is 0 Å². The number of para-hydroxylation sites is 2. The molecule has 1 fully saturated rings. The average molecular weight is 232 g/mol. The zero-order valence-electron chi connectivity index (χ0n) is 9.90. The second-order valence-electron chi connectivity index (χ2n) is 4.00. The van der Waals surface area contributed by atoms with Crippen LogP contribution < -0.4 is 10.2 Å². The van der Waals surface area contributed by atoms with Crippen LogP contribution in [-0.4, -0.2) is 18.6 Å². The van der Waals surface area contributed by atoms with E-state index in [2.05, 4.69) is 10.5 Å². The first-order valence-electron chi connectivity index (χ1n) is 5.80. The zero-order valence-corrected chi connectivity index (χ0v) is 9.90. The summed E-state index contributed by atoms with van der Waals surface area (Å²) in [5.41, 5.74) is 4.33. The molecule has 0 bridgehead atoms. The van der Waals surface area contributed by atoms with Crippen molar-refractivity contribution in [1.82, 2.24) is 0 Å². The number of ether oxygens (including phenoxy) is 1. The summed E-state index contributed by atoms with van der Waals surface area (Å²) in [5.74, 6) is 0.874. The summed E-state index contributed by atoms with van der Waals surface area (Å²) in [7, 11) is 1.61. The van der Waals surface area contributed by atoms with Crippen molar-refractivity contribution in [1.29, 1.82) is 0 Å². The Balaban J connectivity index is 2.10. The highest BCUT2D eigenvalue weighted by molar-refractivity contribution is 6.40. The minimum absolute atomic E-state index is 0.152. The molecule has 0 amide bonds. The molecule has 90 valence electrons. The molecule has 1 aliphatic carbocycles. The van der Waals surface area contributed by atoms with Crippen molar-refractivity contribution in [3.8, 4) is 5.75 Å². The van der Waals surface area contributed by atoms with Gasteiger partial charge in [0, 0.05) is 6.42 Å². The summed E-state index contributed by atoms with van der Waals surface area (Å²) in [5, 5.41) is 4.18. The lowest BCUT2D eigenvalue weighted by Crippen LogP contribution is -2.19. The van der Waals surface area contributed by atoms with Gasteiger partial charge in [0.2, 0.25) is 0 Å². The average Bonchev–Trinajstić information content (AvgIpc) is 2.38. The first-order chi connectivity index (χ1) is 8.31. The van der Waals surface area contributed by atoms with E-state index in [9.17, 15) is 4.79 Å². The highest BCUT2D eigenvalue weighted by atomic mass is 16.5. The number of hydrogen-bond donors (Lipinski definition) is 1. The Labute approximate surface area is 101 Å². The fourth-order valence-electron chi connectivity index (χ4n) is 1.84. The molecule has 1 N–H and O–H groups in total. The number of Topliss-reactive ketones (excluding diaryl/α,β-unsaturated/α-hetero) is 1. The van der Waals surface area contributed by atoms with Gasteiger partial charge in [-0.25, -0.2) is 0 Å². The van der Waals surface area contributed by atoms with Gasteiger partial charge in [-0.3, -0.25) is 10.2 Å². The number of benzene rings is 1. The van der Waals surface area contributed by atoms with E-state index in [1.807, 2.05) is 24.3 Å². The first kappa shape index (κ1) is 11.6. The van der Waals surface area contributed by atoms with Gasteiger partial charge in [-0.1, -0.05) is 12.1 Å². The number of nitrogens with zero attached hydrogens (tertiary/aromatic N) is 1. The van der Waals surface area contributed by atoms with Crippen LogP contribution in [0.25, 0.3) is 0 Å². The number of anilines is 1. The maximum atomic E-state index is 11.6. The Kier molecular flexibility index (Phi) is 3.75. The molecule has 0 aliphatic heterocycles. The number of carbonyl (C=O) groups excluding carboxylic acids is 1. The number of ketones is 1. The molecule has 17 heavy (non-hydrogen) atoms. The molecule has 4 heteroatoms. The monoisotopic (exact) mass is 232 g/mol. The van der Waals surface area contributed by atoms with Gasteiger partial charge < -0.3 is 4.74 Å². The van der Waals surface area contributed by atoms with Crippen molar-refractivity contribution >= 4 is 17.2 Å². The van der Waals surface area contributed by atoms with Crippen molar-refractivity contribution in [3.63, 3.8) is 0 Å². The van der Waals surface area contributed by atoms with Crippen molar-refractivity contribution in [2.45, 2.75) is 25.7 Å². The molecule has 0 saturated heterocycles. The Morgan fingerprint density at radius 2 is 2.00 bits per heavy atom. The summed E-state index contributed by atoms with van der Waals surface area (Å²) in [6.45, 7) is 0. The fourth-order valence-corrected chi connectivity index (χ4v) is 1.84. The molecular formula is C13H16N2O2. The van der Waals surface area contributed by atoms with Crippen LogP contribution in [0, 0.1) is 0 Å². The van der Waals surface area contributed by atoms with E-state index in [1.165, 1.54) is 0 Å². The van der Waals surface area contributed by atoms with Crippen LogP contribution >= 0.6 is 0 Å².